The van der Waals surface area contributed by atoms with Crippen LogP contribution in [0.25, 0.3) is 0 Å². The molecular formula is C11H15BrO2. The first-order chi connectivity index (χ1) is 6.59. The summed E-state index contributed by atoms with van der Waals surface area (Å²) in [5.41, 5.74) is 0.897. The van der Waals surface area contributed by atoms with Crippen LogP contribution in [0.3, 0.4) is 0 Å². The first-order valence-electron chi connectivity index (χ1n) is 4.71. The van der Waals surface area contributed by atoms with E-state index in [9.17, 15) is 5.11 Å². The maximum atomic E-state index is 9.73. The number of aliphatic hydroxyl groups excluding tert-OH is 2. The van der Waals surface area contributed by atoms with Crippen LogP contribution in [0.2, 0.25) is 0 Å². The van der Waals surface area contributed by atoms with E-state index < -0.39 is 6.10 Å². The van der Waals surface area contributed by atoms with Crippen molar-refractivity contribution in [3.05, 3.63) is 34.3 Å². The number of hydrogen-bond donors (Lipinski definition) is 2. The molecule has 0 radical (unpaired) electrons. The summed E-state index contributed by atoms with van der Waals surface area (Å²) in [5.74, 6) is 0. The van der Waals surface area contributed by atoms with E-state index in [1.807, 2.05) is 24.3 Å². The largest absolute Gasteiger partial charge is 0.393 e. The highest BCUT2D eigenvalue weighted by molar-refractivity contribution is 9.10. The van der Waals surface area contributed by atoms with E-state index in [2.05, 4.69) is 15.9 Å². The number of benzene rings is 1. The second-order valence-corrected chi connectivity index (χ2v) is 4.41. The molecule has 2 atom stereocenters. The lowest BCUT2D eigenvalue weighted by Gasteiger charge is -2.11. The van der Waals surface area contributed by atoms with Crippen LogP contribution in [0.4, 0.5) is 0 Å². The topological polar surface area (TPSA) is 40.5 Å². The molecule has 1 rings (SSSR count). The second-order valence-electron chi connectivity index (χ2n) is 3.49. The molecule has 0 spiro atoms. The summed E-state index contributed by atoms with van der Waals surface area (Å²) in [5, 5.41) is 18.8. The van der Waals surface area contributed by atoms with Crippen molar-refractivity contribution < 1.29 is 10.2 Å². The maximum absolute atomic E-state index is 9.73. The van der Waals surface area contributed by atoms with Gasteiger partial charge in [0.15, 0.2) is 0 Å². The Bertz CT molecular complexity index is 269. The minimum Gasteiger partial charge on any atom is -0.393 e. The SMILES string of the molecule is CC(O)CCC(O)c1ccc(Br)cc1. The van der Waals surface area contributed by atoms with Crippen molar-refractivity contribution in [1.82, 2.24) is 0 Å². The lowest BCUT2D eigenvalue weighted by molar-refractivity contribution is 0.123. The molecule has 2 unspecified atom stereocenters. The summed E-state index contributed by atoms with van der Waals surface area (Å²) in [6.45, 7) is 1.73. The maximum Gasteiger partial charge on any atom is 0.0791 e. The Labute approximate surface area is 92.7 Å². The van der Waals surface area contributed by atoms with Crippen LogP contribution in [0.1, 0.15) is 31.4 Å². The number of aliphatic hydroxyl groups is 2. The van der Waals surface area contributed by atoms with Crippen molar-refractivity contribution in [2.24, 2.45) is 0 Å². The Balaban J connectivity index is 2.52. The molecule has 0 heterocycles. The van der Waals surface area contributed by atoms with E-state index >= 15 is 0 Å². The molecular weight excluding hydrogens is 244 g/mol. The van der Waals surface area contributed by atoms with Crippen LogP contribution in [0.15, 0.2) is 28.7 Å². The van der Waals surface area contributed by atoms with Crippen LogP contribution < -0.4 is 0 Å². The predicted molar refractivity (Wildman–Crippen MR) is 60.0 cm³/mol. The molecule has 3 heteroatoms. The zero-order valence-corrected chi connectivity index (χ0v) is 9.74. The summed E-state index contributed by atoms with van der Waals surface area (Å²) in [4.78, 5) is 0. The van der Waals surface area contributed by atoms with Gasteiger partial charge in [0, 0.05) is 4.47 Å². The molecule has 78 valence electrons. The highest BCUT2D eigenvalue weighted by Crippen LogP contribution is 2.21. The van der Waals surface area contributed by atoms with E-state index in [4.69, 9.17) is 5.11 Å². The van der Waals surface area contributed by atoms with Gasteiger partial charge in [-0.1, -0.05) is 28.1 Å². The highest BCUT2D eigenvalue weighted by Gasteiger charge is 2.08. The lowest BCUT2D eigenvalue weighted by Crippen LogP contribution is -2.04. The van der Waals surface area contributed by atoms with E-state index in [0.29, 0.717) is 12.8 Å². The fourth-order valence-corrected chi connectivity index (χ4v) is 1.52. The summed E-state index contributed by atoms with van der Waals surface area (Å²) >= 11 is 3.34. The van der Waals surface area contributed by atoms with Crippen LogP contribution in [0, 0.1) is 0 Å². The van der Waals surface area contributed by atoms with Gasteiger partial charge in [0.25, 0.3) is 0 Å². The van der Waals surface area contributed by atoms with Crippen LogP contribution >= 0.6 is 15.9 Å². The van der Waals surface area contributed by atoms with Crippen molar-refractivity contribution in [2.45, 2.75) is 32.0 Å². The third-order valence-corrected chi connectivity index (χ3v) is 2.64. The van der Waals surface area contributed by atoms with Crippen molar-refractivity contribution in [1.29, 1.82) is 0 Å². The van der Waals surface area contributed by atoms with Crippen LogP contribution in [-0.4, -0.2) is 16.3 Å². The minimum atomic E-state index is -0.474. The molecule has 0 bridgehead atoms. The fraction of sp³-hybridized carbons (Fsp3) is 0.455. The number of rotatable bonds is 4. The molecule has 0 saturated heterocycles. The van der Waals surface area contributed by atoms with Gasteiger partial charge in [0.1, 0.15) is 0 Å². The van der Waals surface area contributed by atoms with Gasteiger partial charge in [-0.2, -0.15) is 0 Å². The molecule has 2 nitrogen and oxygen atoms in total. The molecule has 2 N–H and O–H groups in total. The zero-order chi connectivity index (χ0) is 10.6. The average molecular weight is 259 g/mol. The summed E-state index contributed by atoms with van der Waals surface area (Å²) < 4.78 is 1.00. The fourth-order valence-electron chi connectivity index (χ4n) is 1.25. The Morgan fingerprint density at radius 1 is 1.14 bits per heavy atom. The van der Waals surface area contributed by atoms with E-state index in [-0.39, 0.29) is 6.10 Å². The molecule has 0 aliphatic heterocycles. The lowest BCUT2D eigenvalue weighted by atomic mass is 10.0. The third-order valence-electron chi connectivity index (χ3n) is 2.11. The normalized spacial score (nSPS) is 15.1. The molecule has 0 amide bonds. The standard InChI is InChI=1S/C11H15BrO2/c1-8(13)2-7-11(14)9-3-5-10(12)6-4-9/h3-6,8,11,13-14H,2,7H2,1H3. The Morgan fingerprint density at radius 3 is 2.21 bits per heavy atom. The average Bonchev–Trinajstić information content (AvgIpc) is 2.15. The van der Waals surface area contributed by atoms with Gasteiger partial charge in [-0.05, 0) is 37.5 Å². The van der Waals surface area contributed by atoms with Crippen molar-refractivity contribution in [2.75, 3.05) is 0 Å². The van der Waals surface area contributed by atoms with E-state index in [1.165, 1.54) is 0 Å². The van der Waals surface area contributed by atoms with Crippen molar-refractivity contribution >= 4 is 15.9 Å². The Morgan fingerprint density at radius 2 is 1.71 bits per heavy atom. The molecule has 1 aromatic carbocycles. The van der Waals surface area contributed by atoms with Crippen molar-refractivity contribution in [3.8, 4) is 0 Å². The molecule has 0 aromatic heterocycles. The number of hydrogen-bond acceptors (Lipinski definition) is 2. The molecule has 14 heavy (non-hydrogen) atoms. The van der Waals surface area contributed by atoms with Crippen molar-refractivity contribution in [3.63, 3.8) is 0 Å². The summed E-state index contributed by atoms with van der Waals surface area (Å²) in [7, 11) is 0. The molecule has 0 fully saturated rings. The van der Waals surface area contributed by atoms with Crippen LogP contribution in [0.5, 0.6) is 0 Å². The molecule has 1 aromatic rings. The first-order valence-corrected chi connectivity index (χ1v) is 5.50. The molecule has 0 aliphatic carbocycles. The van der Waals surface area contributed by atoms with Gasteiger partial charge in [0.2, 0.25) is 0 Å². The van der Waals surface area contributed by atoms with E-state index in [0.717, 1.165) is 10.0 Å². The highest BCUT2D eigenvalue weighted by atomic mass is 79.9. The summed E-state index contributed by atoms with van der Waals surface area (Å²) in [6, 6.07) is 7.58. The smallest absolute Gasteiger partial charge is 0.0791 e. The van der Waals surface area contributed by atoms with Gasteiger partial charge in [0.05, 0.1) is 12.2 Å². The van der Waals surface area contributed by atoms with Gasteiger partial charge < -0.3 is 10.2 Å². The quantitative estimate of drug-likeness (QED) is 0.872. The minimum absolute atomic E-state index is 0.347. The monoisotopic (exact) mass is 258 g/mol. The third kappa shape index (κ3) is 3.78. The zero-order valence-electron chi connectivity index (χ0n) is 8.15. The Hall–Kier alpha value is -0.380. The van der Waals surface area contributed by atoms with Gasteiger partial charge in [-0.25, -0.2) is 0 Å². The second kappa shape index (κ2) is 5.49. The van der Waals surface area contributed by atoms with Gasteiger partial charge in [-0.15, -0.1) is 0 Å². The number of halogens is 1. The Kier molecular flexibility index (Phi) is 4.58. The van der Waals surface area contributed by atoms with Gasteiger partial charge >= 0.3 is 0 Å². The molecule has 0 aliphatic rings. The summed E-state index contributed by atoms with van der Waals surface area (Å²) in [6.07, 6.45) is 0.397. The first kappa shape index (κ1) is 11.7. The van der Waals surface area contributed by atoms with Gasteiger partial charge in [-0.3, -0.25) is 0 Å². The molecule has 0 saturated carbocycles. The van der Waals surface area contributed by atoms with Crippen LogP contribution in [-0.2, 0) is 0 Å². The predicted octanol–water partition coefficient (Wildman–Crippen LogP) is 2.64. The van der Waals surface area contributed by atoms with E-state index in [1.54, 1.807) is 6.92 Å².